The molecule has 2 aliphatic heterocycles. The molecule has 3 atom stereocenters. The van der Waals surface area contributed by atoms with Gasteiger partial charge in [-0.05, 0) is 80.0 Å². The number of aryl methyl sites for hydroxylation is 1. The van der Waals surface area contributed by atoms with Crippen LogP contribution in [0, 0.1) is 0 Å². The van der Waals surface area contributed by atoms with Gasteiger partial charge >= 0.3 is 0 Å². The van der Waals surface area contributed by atoms with Crippen LogP contribution in [0.2, 0.25) is 0 Å². The van der Waals surface area contributed by atoms with Crippen molar-refractivity contribution < 1.29 is 14.3 Å². The van der Waals surface area contributed by atoms with Crippen molar-refractivity contribution in [1.82, 2.24) is 4.90 Å². The number of benzene rings is 3. The lowest BCUT2D eigenvalue weighted by atomic mass is 9.78. The van der Waals surface area contributed by atoms with Crippen molar-refractivity contribution in [2.24, 2.45) is 0 Å². The van der Waals surface area contributed by atoms with Gasteiger partial charge in [0.15, 0.2) is 0 Å². The maximum Gasteiger partial charge on any atom is 0.142 e. The second kappa shape index (κ2) is 11.2. The molecule has 38 heavy (non-hydrogen) atoms. The molecule has 0 saturated carbocycles. The number of ether oxygens (including phenoxy) is 2. The van der Waals surface area contributed by atoms with Crippen LogP contribution in [0.25, 0.3) is 5.57 Å². The number of carbonyl (C=O) groups is 1. The fraction of sp³-hybridized carbons (Fsp3) is 0.382. The lowest BCUT2D eigenvalue weighted by Gasteiger charge is -2.43. The molecule has 0 bridgehead atoms. The Bertz CT molecular complexity index is 1300. The SMILES string of the molecule is CC(CCCc1ccccc1)Oc1ccc2c(c1)C1=C(OCc3ccccc3)CC(=O)CC1N1CCCC21. The highest BCUT2D eigenvalue weighted by Gasteiger charge is 2.44. The van der Waals surface area contributed by atoms with E-state index in [1.54, 1.807) is 0 Å². The van der Waals surface area contributed by atoms with Crippen molar-refractivity contribution in [3.8, 4) is 5.75 Å². The van der Waals surface area contributed by atoms with E-state index in [1.807, 2.05) is 18.2 Å². The summed E-state index contributed by atoms with van der Waals surface area (Å²) in [6.45, 7) is 3.68. The van der Waals surface area contributed by atoms with Crippen molar-refractivity contribution in [3.05, 3.63) is 107 Å². The number of allylic oxidation sites excluding steroid dienone is 1. The number of hydrogen-bond acceptors (Lipinski definition) is 4. The van der Waals surface area contributed by atoms with E-state index < -0.39 is 0 Å². The van der Waals surface area contributed by atoms with Gasteiger partial charge in [0.2, 0.25) is 0 Å². The third kappa shape index (κ3) is 5.28. The molecule has 3 unspecified atom stereocenters. The Morgan fingerprint density at radius 3 is 2.50 bits per heavy atom. The highest BCUT2D eigenvalue weighted by Crippen LogP contribution is 2.50. The summed E-state index contributed by atoms with van der Waals surface area (Å²) in [6, 6.07) is 28.0. The molecule has 0 N–H and O–H groups in total. The molecule has 196 valence electrons. The third-order valence-electron chi connectivity index (χ3n) is 8.29. The largest absolute Gasteiger partial charge is 0.492 e. The van der Waals surface area contributed by atoms with E-state index in [2.05, 4.69) is 72.5 Å². The normalized spacial score (nSPS) is 21.4. The third-order valence-corrected chi connectivity index (χ3v) is 8.29. The molecule has 2 heterocycles. The van der Waals surface area contributed by atoms with E-state index in [9.17, 15) is 4.79 Å². The highest BCUT2D eigenvalue weighted by atomic mass is 16.5. The van der Waals surface area contributed by atoms with Gasteiger partial charge in [-0.3, -0.25) is 9.69 Å². The van der Waals surface area contributed by atoms with Gasteiger partial charge in [0.05, 0.1) is 12.5 Å². The molecule has 3 aromatic carbocycles. The second-order valence-corrected chi connectivity index (χ2v) is 11.0. The average molecular weight is 508 g/mol. The summed E-state index contributed by atoms with van der Waals surface area (Å²) in [5.41, 5.74) is 6.28. The van der Waals surface area contributed by atoms with Crippen molar-refractivity contribution in [1.29, 1.82) is 0 Å². The Balaban J connectivity index is 1.25. The van der Waals surface area contributed by atoms with Crippen LogP contribution in [0.4, 0.5) is 0 Å². The highest BCUT2D eigenvalue weighted by molar-refractivity contribution is 5.92. The van der Waals surface area contributed by atoms with Gasteiger partial charge in [0.1, 0.15) is 23.9 Å². The van der Waals surface area contributed by atoms with Crippen LogP contribution in [-0.4, -0.2) is 29.4 Å². The molecule has 1 saturated heterocycles. The number of ketones is 1. The van der Waals surface area contributed by atoms with E-state index in [0.717, 1.165) is 49.3 Å². The van der Waals surface area contributed by atoms with Crippen LogP contribution >= 0.6 is 0 Å². The molecule has 0 amide bonds. The summed E-state index contributed by atoms with van der Waals surface area (Å²) in [6.07, 6.45) is 6.56. The number of rotatable bonds is 9. The Morgan fingerprint density at radius 1 is 0.947 bits per heavy atom. The molecule has 4 heteroatoms. The first-order chi connectivity index (χ1) is 18.7. The predicted octanol–water partition coefficient (Wildman–Crippen LogP) is 7.29. The minimum absolute atomic E-state index is 0.0977. The van der Waals surface area contributed by atoms with E-state index in [-0.39, 0.29) is 17.9 Å². The molecule has 6 rings (SSSR count). The number of Topliss-reactive ketones (excluding diaryl/α,β-unsaturated/α-hetero) is 1. The monoisotopic (exact) mass is 507 g/mol. The molecule has 0 aromatic heterocycles. The van der Waals surface area contributed by atoms with E-state index in [1.165, 1.54) is 28.7 Å². The molecule has 0 spiro atoms. The zero-order valence-corrected chi connectivity index (χ0v) is 22.3. The maximum absolute atomic E-state index is 12.9. The van der Waals surface area contributed by atoms with Gasteiger partial charge in [-0.2, -0.15) is 0 Å². The zero-order chi connectivity index (χ0) is 25.9. The van der Waals surface area contributed by atoms with Crippen LogP contribution < -0.4 is 4.74 Å². The molecule has 4 nitrogen and oxygen atoms in total. The quantitative estimate of drug-likeness (QED) is 0.305. The summed E-state index contributed by atoms with van der Waals surface area (Å²) >= 11 is 0. The molecule has 0 radical (unpaired) electrons. The number of fused-ring (bicyclic) bond motifs is 6. The number of carbonyl (C=O) groups excluding carboxylic acids is 1. The summed E-state index contributed by atoms with van der Waals surface area (Å²) in [7, 11) is 0. The summed E-state index contributed by atoms with van der Waals surface area (Å²) in [5, 5.41) is 0. The zero-order valence-electron chi connectivity index (χ0n) is 22.3. The van der Waals surface area contributed by atoms with E-state index in [4.69, 9.17) is 9.47 Å². The van der Waals surface area contributed by atoms with Gasteiger partial charge in [0, 0.05) is 24.1 Å². The van der Waals surface area contributed by atoms with E-state index in [0.29, 0.717) is 25.5 Å². The Hall–Kier alpha value is -3.37. The topological polar surface area (TPSA) is 38.8 Å². The lowest BCUT2D eigenvalue weighted by molar-refractivity contribution is -0.120. The first kappa shape index (κ1) is 24.9. The van der Waals surface area contributed by atoms with Gasteiger partial charge < -0.3 is 9.47 Å². The summed E-state index contributed by atoms with van der Waals surface area (Å²) < 4.78 is 12.9. The fourth-order valence-electron chi connectivity index (χ4n) is 6.49. The second-order valence-electron chi connectivity index (χ2n) is 11.0. The molecule has 3 aromatic rings. The molecule has 1 aliphatic carbocycles. The van der Waals surface area contributed by atoms with Crippen LogP contribution in [0.3, 0.4) is 0 Å². The Morgan fingerprint density at radius 2 is 1.71 bits per heavy atom. The van der Waals surface area contributed by atoms with Crippen molar-refractivity contribution >= 4 is 11.4 Å². The molecular formula is C34H37NO3. The molecule has 1 fully saturated rings. The lowest BCUT2D eigenvalue weighted by Crippen LogP contribution is -2.43. The standard InChI is InChI=1S/C34H37NO3/c1-24(10-8-15-25-11-4-2-5-12-25)38-28-17-18-29-30(22-28)34-32(35-19-9-16-31(29)35)20-27(36)21-33(34)37-23-26-13-6-3-7-14-26/h2-7,11-14,17-18,22,24,31-32H,8-10,15-16,19-21,23H2,1H3. The van der Waals surface area contributed by atoms with Gasteiger partial charge in [-0.15, -0.1) is 0 Å². The maximum atomic E-state index is 12.9. The minimum Gasteiger partial charge on any atom is -0.492 e. The number of nitrogens with zero attached hydrogens (tertiary/aromatic N) is 1. The smallest absolute Gasteiger partial charge is 0.142 e. The predicted molar refractivity (Wildman–Crippen MR) is 151 cm³/mol. The number of hydrogen-bond donors (Lipinski definition) is 0. The summed E-state index contributed by atoms with van der Waals surface area (Å²) in [5.74, 6) is 2.03. The average Bonchev–Trinajstić information content (AvgIpc) is 3.43. The molecular weight excluding hydrogens is 470 g/mol. The molecule has 3 aliphatic rings. The fourth-order valence-corrected chi connectivity index (χ4v) is 6.49. The van der Waals surface area contributed by atoms with Crippen LogP contribution in [0.15, 0.2) is 84.6 Å². The van der Waals surface area contributed by atoms with Crippen LogP contribution in [-0.2, 0) is 22.6 Å². The first-order valence-electron chi connectivity index (χ1n) is 14.2. The first-order valence-corrected chi connectivity index (χ1v) is 14.2. The Kier molecular flexibility index (Phi) is 7.33. The van der Waals surface area contributed by atoms with Gasteiger partial charge in [0.25, 0.3) is 0 Å². The van der Waals surface area contributed by atoms with Crippen molar-refractivity contribution in [2.45, 2.75) is 76.7 Å². The Labute approximate surface area is 226 Å². The van der Waals surface area contributed by atoms with Crippen molar-refractivity contribution in [2.75, 3.05) is 6.54 Å². The van der Waals surface area contributed by atoms with Crippen molar-refractivity contribution in [3.63, 3.8) is 0 Å². The summed E-state index contributed by atoms with van der Waals surface area (Å²) in [4.78, 5) is 15.4. The van der Waals surface area contributed by atoms with E-state index >= 15 is 0 Å². The van der Waals surface area contributed by atoms with Crippen LogP contribution in [0.5, 0.6) is 5.75 Å². The minimum atomic E-state index is 0.0977. The van der Waals surface area contributed by atoms with Gasteiger partial charge in [-0.1, -0.05) is 66.7 Å². The van der Waals surface area contributed by atoms with Gasteiger partial charge in [-0.25, -0.2) is 0 Å². The van der Waals surface area contributed by atoms with Crippen LogP contribution in [0.1, 0.15) is 73.7 Å².